The van der Waals surface area contributed by atoms with Gasteiger partial charge in [0.25, 0.3) is 0 Å². The molecule has 1 aromatic rings. The summed E-state index contributed by atoms with van der Waals surface area (Å²) < 4.78 is 5.26. The quantitative estimate of drug-likeness (QED) is 0.896. The Labute approximate surface area is 108 Å². The van der Waals surface area contributed by atoms with Crippen molar-refractivity contribution in [3.63, 3.8) is 0 Å². The molecule has 0 saturated heterocycles. The lowest BCUT2D eigenvalue weighted by atomic mass is 9.87. The lowest BCUT2D eigenvalue weighted by Gasteiger charge is -2.32. The first kappa shape index (κ1) is 12.8. The van der Waals surface area contributed by atoms with E-state index in [1.165, 1.54) is 17.5 Å². The molecule has 2 atom stereocenters. The van der Waals surface area contributed by atoms with E-state index in [-0.39, 0.29) is 6.04 Å². The third kappa shape index (κ3) is 2.78. The van der Waals surface area contributed by atoms with Crippen molar-refractivity contribution < 1.29 is 4.74 Å². The molecule has 0 saturated carbocycles. The van der Waals surface area contributed by atoms with Crippen LogP contribution in [0.4, 0.5) is 0 Å². The van der Waals surface area contributed by atoms with Crippen molar-refractivity contribution in [3.05, 3.63) is 29.3 Å². The van der Waals surface area contributed by atoms with Gasteiger partial charge in [-0.15, -0.1) is 0 Å². The number of rotatable bonds is 3. The topological polar surface area (TPSA) is 35.2 Å². The van der Waals surface area contributed by atoms with Gasteiger partial charge >= 0.3 is 0 Å². The minimum Gasteiger partial charge on any atom is -0.497 e. The Balaban J connectivity index is 2.21. The van der Waals surface area contributed by atoms with Crippen LogP contribution in [-0.4, -0.2) is 17.6 Å². The molecule has 3 heteroatoms. The summed E-state index contributed by atoms with van der Waals surface area (Å²) >= 11 is 2.00. The van der Waals surface area contributed by atoms with Gasteiger partial charge in [0.15, 0.2) is 0 Å². The van der Waals surface area contributed by atoms with Crippen molar-refractivity contribution in [2.24, 2.45) is 5.73 Å². The Bertz CT molecular complexity index is 392. The molecule has 0 heterocycles. The Morgan fingerprint density at radius 2 is 2.18 bits per heavy atom. The van der Waals surface area contributed by atoms with Gasteiger partial charge in [-0.05, 0) is 41.4 Å². The van der Waals surface area contributed by atoms with Gasteiger partial charge in [-0.25, -0.2) is 0 Å². The molecular formula is C14H21NOS. The molecule has 0 aromatic heterocycles. The van der Waals surface area contributed by atoms with Gasteiger partial charge in [-0.2, -0.15) is 11.8 Å². The number of nitrogens with two attached hydrogens (primary N) is 1. The number of fused-ring (bicyclic) bond motifs is 1. The third-order valence-corrected chi connectivity index (χ3v) is 4.68. The molecule has 2 nitrogen and oxygen atoms in total. The van der Waals surface area contributed by atoms with Crippen LogP contribution in [0.25, 0.3) is 0 Å². The van der Waals surface area contributed by atoms with E-state index in [1.807, 2.05) is 17.8 Å². The molecule has 1 aliphatic rings. The van der Waals surface area contributed by atoms with Gasteiger partial charge in [0.2, 0.25) is 0 Å². The van der Waals surface area contributed by atoms with Crippen LogP contribution in [0.15, 0.2) is 18.2 Å². The molecule has 2 unspecified atom stereocenters. The van der Waals surface area contributed by atoms with E-state index in [1.54, 1.807) is 7.11 Å². The maximum Gasteiger partial charge on any atom is 0.119 e. The SMILES string of the molecule is COc1ccc2c(c1)CCC(SC(C)C)C2N. The molecule has 0 amide bonds. The predicted octanol–water partition coefficient (Wildman–Crippen LogP) is 3.15. The number of benzene rings is 1. The van der Waals surface area contributed by atoms with E-state index in [0.29, 0.717) is 10.5 Å². The number of hydrogen-bond donors (Lipinski definition) is 1. The molecule has 2 N–H and O–H groups in total. The highest BCUT2D eigenvalue weighted by atomic mass is 32.2. The summed E-state index contributed by atoms with van der Waals surface area (Å²) in [6.45, 7) is 4.47. The number of ether oxygens (including phenoxy) is 1. The van der Waals surface area contributed by atoms with Gasteiger partial charge in [-0.3, -0.25) is 0 Å². The maximum atomic E-state index is 6.37. The average molecular weight is 251 g/mol. The van der Waals surface area contributed by atoms with Crippen molar-refractivity contribution >= 4 is 11.8 Å². The van der Waals surface area contributed by atoms with Crippen molar-refractivity contribution in [3.8, 4) is 5.75 Å². The largest absolute Gasteiger partial charge is 0.497 e. The number of aryl methyl sites for hydroxylation is 1. The second kappa shape index (κ2) is 5.32. The molecule has 0 bridgehead atoms. The van der Waals surface area contributed by atoms with Crippen molar-refractivity contribution in [2.75, 3.05) is 7.11 Å². The summed E-state index contributed by atoms with van der Waals surface area (Å²) in [5, 5.41) is 1.20. The molecule has 0 spiro atoms. The Morgan fingerprint density at radius 1 is 1.41 bits per heavy atom. The van der Waals surface area contributed by atoms with Crippen LogP contribution in [-0.2, 0) is 6.42 Å². The highest BCUT2D eigenvalue weighted by Gasteiger charge is 2.27. The number of hydrogen-bond acceptors (Lipinski definition) is 3. The van der Waals surface area contributed by atoms with E-state index >= 15 is 0 Å². The van der Waals surface area contributed by atoms with Crippen LogP contribution < -0.4 is 10.5 Å². The van der Waals surface area contributed by atoms with Gasteiger partial charge in [0, 0.05) is 11.3 Å². The lowest BCUT2D eigenvalue weighted by Crippen LogP contribution is -2.30. The summed E-state index contributed by atoms with van der Waals surface area (Å²) in [5.74, 6) is 0.936. The van der Waals surface area contributed by atoms with Gasteiger partial charge in [0.1, 0.15) is 5.75 Å². The van der Waals surface area contributed by atoms with Crippen molar-refractivity contribution in [2.45, 2.75) is 43.2 Å². The van der Waals surface area contributed by atoms with Crippen LogP contribution in [0, 0.1) is 0 Å². The highest BCUT2D eigenvalue weighted by molar-refractivity contribution is 8.00. The highest BCUT2D eigenvalue weighted by Crippen LogP contribution is 2.38. The fourth-order valence-electron chi connectivity index (χ4n) is 2.43. The number of methoxy groups -OCH3 is 1. The molecule has 1 aliphatic carbocycles. The van der Waals surface area contributed by atoms with E-state index in [0.717, 1.165) is 12.2 Å². The molecule has 1 aromatic carbocycles. The monoisotopic (exact) mass is 251 g/mol. The molecule has 0 radical (unpaired) electrons. The normalized spacial score (nSPS) is 23.6. The van der Waals surface area contributed by atoms with E-state index in [2.05, 4.69) is 26.0 Å². The maximum absolute atomic E-state index is 6.37. The summed E-state index contributed by atoms with van der Waals surface area (Å²) in [6, 6.07) is 6.44. The molecule has 2 rings (SSSR count). The van der Waals surface area contributed by atoms with Crippen molar-refractivity contribution in [1.82, 2.24) is 0 Å². The Morgan fingerprint density at radius 3 is 2.82 bits per heavy atom. The van der Waals surface area contributed by atoms with Gasteiger partial charge in [0.05, 0.1) is 7.11 Å². The van der Waals surface area contributed by atoms with Crippen LogP contribution in [0.5, 0.6) is 5.75 Å². The zero-order chi connectivity index (χ0) is 12.4. The fraction of sp³-hybridized carbons (Fsp3) is 0.571. The third-order valence-electron chi connectivity index (χ3n) is 3.25. The zero-order valence-corrected chi connectivity index (χ0v) is 11.6. The van der Waals surface area contributed by atoms with E-state index < -0.39 is 0 Å². The minimum atomic E-state index is 0.164. The molecule has 94 valence electrons. The van der Waals surface area contributed by atoms with E-state index in [4.69, 9.17) is 10.5 Å². The summed E-state index contributed by atoms with van der Waals surface area (Å²) in [4.78, 5) is 0. The molecule has 17 heavy (non-hydrogen) atoms. The van der Waals surface area contributed by atoms with Crippen LogP contribution >= 0.6 is 11.8 Å². The lowest BCUT2D eigenvalue weighted by molar-refractivity contribution is 0.413. The molecule has 0 fully saturated rings. The Hall–Kier alpha value is -0.670. The second-order valence-corrected chi connectivity index (χ2v) is 6.67. The molecule has 0 aliphatic heterocycles. The standard InChI is InChI=1S/C14H21NOS/c1-9(2)17-13-7-4-10-8-11(16-3)5-6-12(10)14(13)15/h5-6,8-9,13-14H,4,7,15H2,1-3H3. The molecular weight excluding hydrogens is 230 g/mol. The van der Waals surface area contributed by atoms with Crippen LogP contribution in [0.2, 0.25) is 0 Å². The van der Waals surface area contributed by atoms with E-state index in [9.17, 15) is 0 Å². The first-order valence-electron chi connectivity index (χ1n) is 6.19. The van der Waals surface area contributed by atoms with Gasteiger partial charge in [-0.1, -0.05) is 19.9 Å². The summed E-state index contributed by atoms with van der Waals surface area (Å²) in [7, 11) is 1.71. The first-order chi connectivity index (χ1) is 8.11. The predicted molar refractivity (Wildman–Crippen MR) is 74.8 cm³/mol. The fourth-order valence-corrected chi connectivity index (χ4v) is 3.70. The number of thioether (sulfide) groups is 1. The summed E-state index contributed by atoms with van der Waals surface area (Å²) in [6.07, 6.45) is 2.29. The average Bonchev–Trinajstić information content (AvgIpc) is 2.32. The van der Waals surface area contributed by atoms with Crippen LogP contribution in [0.3, 0.4) is 0 Å². The Kier molecular flexibility index (Phi) is 4.00. The first-order valence-corrected chi connectivity index (χ1v) is 7.14. The minimum absolute atomic E-state index is 0.164. The smallest absolute Gasteiger partial charge is 0.119 e. The van der Waals surface area contributed by atoms with Crippen LogP contribution in [0.1, 0.15) is 37.4 Å². The zero-order valence-electron chi connectivity index (χ0n) is 10.8. The second-order valence-electron chi connectivity index (χ2n) is 4.85. The van der Waals surface area contributed by atoms with Crippen molar-refractivity contribution in [1.29, 1.82) is 0 Å². The summed E-state index contributed by atoms with van der Waals surface area (Å²) in [5.41, 5.74) is 9.03. The van der Waals surface area contributed by atoms with Gasteiger partial charge < -0.3 is 10.5 Å².